The van der Waals surface area contributed by atoms with Gasteiger partial charge in [0.25, 0.3) is 0 Å². The maximum Gasteiger partial charge on any atom is 0.416 e. The molecule has 5 nitrogen and oxygen atoms in total. The van der Waals surface area contributed by atoms with Crippen LogP contribution < -0.4 is 0 Å². The van der Waals surface area contributed by atoms with Crippen LogP contribution in [0.4, 0.5) is 30.7 Å². The number of hydrogen-bond donors (Lipinski definition) is 1. The topological polar surface area (TPSA) is 58.4 Å². The van der Waals surface area contributed by atoms with Gasteiger partial charge in [-0.25, -0.2) is 9.07 Å². The number of amides is 1. The Morgan fingerprint density at radius 2 is 1.89 bits per heavy atom. The third kappa shape index (κ3) is 5.14. The minimum absolute atomic E-state index is 0.250. The van der Waals surface area contributed by atoms with Crippen molar-refractivity contribution in [3.8, 4) is 5.69 Å². The van der Waals surface area contributed by atoms with Crippen molar-refractivity contribution in [2.45, 2.75) is 51.1 Å². The number of benzene rings is 1. The highest BCUT2D eigenvalue weighted by molar-refractivity contribution is 5.82. The van der Waals surface area contributed by atoms with Crippen molar-refractivity contribution < 1.29 is 40.6 Å². The second-order valence-electron chi connectivity index (χ2n) is 9.51. The Kier molecular flexibility index (Phi) is 6.69. The van der Waals surface area contributed by atoms with E-state index in [-0.39, 0.29) is 6.42 Å². The van der Waals surface area contributed by atoms with Crippen LogP contribution in [0.1, 0.15) is 37.4 Å². The first kappa shape index (κ1) is 26.2. The van der Waals surface area contributed by atoms with Gasteiger partial charge in [-0.2, -0.15) is 31.4 Å². The fourth-order valence-electron chi connectivity index (χ4n) is 5.11. The summed E-state index contributed by atoms with van der Waals surface area (Å²) in [5.74, 6) is -2.11. The molecule has 1 amide bonds. The van der Waals surface area contributed by atoms with Crippen LogP contribution in [0.25, 0.3) is 11.8 Å². The number of halogens is 7. The van der Waals surface area contributed by atoms with E-state index < -0.39 is 61.0 Å². The fourth-order valence-corrected chi connectivity index (χ4v) is 5.11. The van der Waals surface area contributed by atoms with Crippen molar-refractivity contribution in [2.24, 2.45) is 11.3 Å². The molecule has 36 heavy (non-hydrogen) atoms. The molecule has 0 unspecified atom stereocenters. The number of fused-ring (bicyclic) bond motifs is 2. The number of alkyl halides is 6. The van der Waals surface area contributed by atoms with Crippen LogP contribution in [-0.2, 0) is 11.2 Å². The van der Waals surface area contributed by atoms with Gasteiger partial charge in [0, 0.05) is 17.9 Å². The quantitative estimate of drug-likeness (QED) is 0.543. The zero-order valence-electron chi connectivity index (χ0n) is 19.2. The average molecular weight is 519 g/mol. The molecule has 1 saturated carbocycles. The number of aromatic nitrogens is 2. The van der Waals surface area contributed by atoms with Crippen LogP contribution in [0.2, 0.25) is 0 Å². The molecule has 2 aliphatic carbocycles. The second-order valence-corrected chi connectivity index (χ2v) is 9.51. The van der Waals surface area contributed by atoms with E-state index in [9.17, 15) is 40.6 Å². The molecule has 4 rings (SSSR count). The molecule has 196 valence electrons. The van der Waals surface area contributed by atoms with Gasteiger partial charge in [-0.05, 0) is 55.2 Å². The fraction of sp³-hybridized carbons (Fsp3) is 0.500. The molecule has 2 aliphatic rings. The minimum atomic E-state index is -5.07. The summed E-state index contributed by atoms with van der Waals surface area (Å²) < 4.78 is 92.3. The van der Waals surface area contributed by atoms with Gasteiger partial charge in [-0.15, -0.1) is 0 Å². The molecule has 1 fully saturated rings. The number of hydrogen-bond acceptors (Lipinski definition) is 3. The molecular formula is C24H24F7N3O2. The summed E-state index contributed by atoms with van der Waals surface area (Å²) in [7, 11) is 0. The van der Waals surface area contributed by atoms with Gasteiger partial charge in [0.2, 0.25) is 5.91 Å². The molecule has 1 heterocycles. The largest absolute Gasteiger partial charge is 0.416 e. The van der Waals surface area contributed by atoms with Gasteiger partial charge in [0.05, 0.1) is 30.5 Å². The Morgan fingerprint density at radius 1 is 1.22 bits per heavy atom. The Balaban J connectivity index is 1.60. The van der Waals surface area contributed by atoms with Gasteiger partial charge in [-0.1, -0.05) is 12.5 Å². The Labute approximate surface area is 202 Å². The molecule has 1 aromatic carbocycles. The summed E-state index contributed by atoms with van der Waals surface area (Å²) in [5.41, 5.74) is 2.10. The van der Waals surface area contributed by atoms with Crippen molar-refractivity contribution in [1.29, 1.82) is 0 Å². The lowest BCUT2D eigenvalue weighted by molar-refractivity contribution is -0.210. The van der Waals surface area contributed by atoms with Crippen LogP contribution in [0.3, 0.4) is 0 Å². The van der Waals surface area contributed by atoms with Crippen LogP contribution in [-0.4, -0.2) is 57.2 Å². The lowest BCUT2D eigenvalue weighted by Gasteiger charge is -2.38. The Morgan fingerprint density at radius 3 is 2.50 bits per heavy atom. The molecular weight excluding hydrogens is 495 g/mol. The summed E-state index contributed by atoms with van der Waals surface area (Å²) in [4.78, 5) is 13.8. The molecule has 12 heteroatoms. The SMILES string of the molecule is C[C@]12Cc3cnn(-c4ccc(F)cc4)c3C=C1CC[C@@H]2C(=O)N(CCC(F)(F)F)C[C@H](O)C(F)(F)F. The molecule has 2 aromatic rings. The third-order valence-electron chi connectivity index (χ3n) is 7.08. The normalized spacial score (nSPS) is 22.6. The maximum atomic E-state index is 13.4. The van der Waals surface area contributed by atoms with Gasteiger partial charge in [0.15, 0.2) is 6.10 Å². The van der Waals surface area contributed by atoms with E-state index in [4.69, 9.17) is 0 Å². The highest BCUT2D eigenvalue weighted by Gasteiger charge is 2.51. The number of carbonyl (C=O) groups excluding carboxylic acids is 1. The molecule has 0 aliphatic heterocycles. The maximum absolute atomic E-state index is 13.4. The first-order valence-electron chi connectivity index (χ1n) is 11.3. The predicted octanol–water partition coefficient (Wildman–Crippen LogP) is 5.07. The number of aliphatic hydroxyl groups excluding tert-OH is 1. The monoisotopic (exact) mass is 519 g/mol. The van der Waals surface area contributed by atoms with Gasteiger partial charge < -0.3 is 10.0 Å². The van der Waals surface area contributed by atoms with Crippen LogP contribution >= 0.6 is 0 Å². The van der Waals surface area contributed by atoms with Gasteiger partial charge >= 0.3 is 12.4 Å². The highest BCUT2D eigenvalue weighted by atomic mass is 19.4. The Bertz CT molecular complexity index is 1150. The van der Waals surface area contributed by atoms with E-state index in [1.165, 1.54) is 12.1 Å². The number of rotatable bonds is 6. The first-order valence-corrected chi connectivity index (χ1v) is 11.3. The standard InChI is InChI=1S/C24H24F7N3O2/c1-22-11-14-12-32-34(17-5-3-16(25)4-6-17)19(14)10-15(22)2-7-18(22)21(36)33(9-8-23(26,27)28)13-20(35)24(29,30)31/h3-6,10,12,18,20,35H,2,7-9,11,13H2,1H3/t18-,20+,22+/m1/s1. The minimum Gasteiger partial charge on any atom is -0.382 e. The molecule has 0 radical (unpaired) electrons. The van der Waals surface area contributed by atoms with Crippen molar-refractivity contribution in [3.05, 3.63) is 53.1 Å². The highest BCUT2D eigenvalue weighted by Crippen LogP contribution is 2.53. The van der Waals surface area contributed by atoms with Crippen LogP contribution in [0.15, 0.2) is 36.0 Å². The van der Waals surface area contributed by atoms with Crippen molar-refractivity contribution in [3.63, 3.8) is 0 Å². The van der Waals surface area contributed by atoms with Crippen molar-refractivity contribution in [2.75, 3.05) is 13.1 Å². The number of allylic oxidation sites excluding steroid dienone is 1. The summed E-state index contributed by atoms with van der Waals surface area (Å²) >= 11 is 0. The lowest BCUT2D eigenvalue weighted by Crippen LogP contribution is -2.49. The summed E-state index contributed by atoms with van der Waals surface area (Å²) in [6.45, 7) is -0.471. The van der Waals surface area contributed by atoms with E-state index in [0.29, 0.717) is 23.4 Å². The van der Waals surface area contributed by atoms with Gasteiger partial charge in [-0.3, -0.25) is 4.79 Å². The van der Waals surface area contributed by atoms with Gasteiger partial charge in [0.1, 0.15) is 5.82 Å². The molecule has 1 aromatic heterocycles. The van der Waals surface area contributed by atoms with Crippen LogP contribution in [0.5, 0.6) is 0 Å². The van der Waals surface area contributed by atoms with Crippen molar-refractivity contribution >= 4 is 12.0 Å². The zero-order valence-corrected chi connectivity index (χ0v) is 19.2. The molecule has 3 atom stereocenters. The predicted molar refractivity (Wildman–Crippen MR) is 115 cm³/mol. The number of carbonyl (C=O) groups is 1. The van der Waals surface area contributed by atoms with E-state index in [1.54, 1.807) is 29.9 Å². The molecule has 0 saturated heterocycles. The number of aliphatic hydroxyl groups is 1. The molecule has 0 bridgehead atoms. The third-order valence-corrected chi connectivity index (χ3v) is 7.08. The van der Waals surface area contributed by atoms with Crippen molar-refractivity contribution in [1.82, 2.24) is 14.7 Å². The first-order chi connectivity index (χ1) is 16.7. The summed E-state index contributed by atoms with van der Waals surface area (Å²) in [6, 6.07) is 5.69. The van der Waals surface area contributed by atoms with E-state index in [2.05, 4.69) is 5.10 Å². The van der Waals surface area contributed by atoms with Crippen LogP contribution in [0, 0.1) is 17.2 Å². The summed E-state index contributed by atoms with van der Waals surface area (Å²) in [5, 5.41) is 13.8. The van der Waals surface area contributed by atoms with E-state index >= 15 is 0 Å². The molecule has 0 spiro atoms. The Hall–Kier alpha value is -2.89. The van der Waals surface area contributed by atoms with E-state index in [0.717, 1.165) is 16.8 Å². The molecule has 1 N–H and O–H groups in total. The lowest BCUT2D eigenvalue weighted by atomic mass is 9.69. The summed E-state index contributed by atoms with van der Waals surface area (Å²) in [6.07, 6.45) is -9.78. The average Bonchev–Trinajstić information content (AvgIpc) is 3.33. The smallest absolute Gasteiger partial charge is 0.382 e. The zero-order chi connectivity index (χ0) is 26.5. The van der Waals surface area contributed by atoms with E-state index in [1.807, 2.05) is 6.08 Å². The second kappa shape index (κ2) is 9.20. The number of nitrogens with zero attached hydrogens (tertiary/aromatic N) is 3.